The molecular formula is C13H22N2O5. The molecule has 0 radical (unpaired) electrons. The first kappa shape index (κ1) is 16.6. The molecule has 0 aromatic carbocycles. The lowest BCUT2D eigenvalue weighted by Gasteiger charge is -2.08. The van der Waals surface area contributed by atoms with Crippen LogP contribution in [-0.4, -0.2) is 55.9 Å². The van der Waals surface area contributed by atoms with Crippen molar-refractivity contribution in [2.45, 2.75) is 13.5 Å². The van der Waals surface area contributed by atoms with E-state index in [-0.39, 0.29) is 12.6 Å². The summed E-state index contributed by atoms with van der Waals surface area (Å²) in [7, 11) is 3.38. The molecule has 0 amide bonds. The van der Waals surface area contributed by atoms with Crippen molar-refractivity contribution in [3.8, 4) is 0 Å². The van der Waals surface area contributed by atoms with Crippen molar-refractivity contribution in [2.75, 3.05) is 40.1 Å². The normalized spacial score (nSPS) is 10.8. The van der Waals surface area contributed by atoms with E-state index in [2.05, 4.69) is 5.10 Å². The SMILES string of the molecule is CCOC(=O)c1cnn(C)c1COCCOCCOC. The minimum atomic E-state index is -0.379. The first-order valence-electron chi connectivity index (χ1n) is 6.53. The van der Waals surface area contributed by atoms with E-state index in [1.165, 1.54) is 6.20 Å². The minimum absolute atomic E-state index is 0.290. The summed E-state index contributed by atoms with van der Waals surface area (Å²) in [5, 5.41) is 4.05. The van der Waals surface area contributed by atoms with E-state index < -0.39 is 0 Å². The highest BCUT2D eigenvalue weighted by molar-refractivity contribution is 5.90. The van der Waals surface area contributed by atoms with Gasteiger partial charge in [-0.05, 0) is 6.92 Å². The molecule has 0 aliphatic heterocycles. The molecule has 0 N–H and O–H groups in total. The Kier molecular flexibility index (Phi) is 7.86. The molecular weight excluding hydrogens is 264 g/mol. The molecule has 1 rings (SSSR count). The Bertz CT molecular complexity index is 405. The van der Waals surface area contributed by atoms with Gasteiger partial charge in [-0.15, -0.1) is 0 Å². The number of carbonyl (C=O) groups is 1. The molecule has 0 saturated carbocycles. The molecule has 0 fully saturated rings. The predicted molar refractivity (Wildman–Crippen MR) is 71.5 cm³/mol. The van der Waals surface area contributed by atoms with Gasteiger partial charge in [0.25, 0.3) is 0 Å². The molecule has 0 unspecified atom stereocenters. The van der Waals surface area contributed by atoms with Gasteiger partial charge in [0.2, 0.25) is 0 Å². The van der Waals surface area contributed by atoms with Crippen molar-refractivity contribution >= 4 is 5.97 Å². The third kappa shape index (κ3) is 5.28. The number of nitrogens with zero attached hydrogens (tertiary/aromatic N) is 2. The third-order valence-electron chi connectivity index (χ3n) is 2.60. The highest BCUT2D eigenvalue weighted by Crippen LogP contribution is 2.10. The zero-order valence-electron chi connectivity index (χ0n) is 12.3. The van der Waals surface area contributed by atoms with Crippen LogP contribution in [0.2, 0.25) is 0 Å². The van der Waals surface area contributed by atoms with Gasteiger partial charge < -0.3 is 18.9 Å². The molecule has 0 spiro atoms. The number of hydrogen-bond acceptors (Lipinski definition) is 6. The van der Waals surface area contributed by atoms with Crippen LogP contribution in [-0.2, 0) is 32.6 Å². The molecule has 20 heavy (non-hydrogen) atoms. The van der Waals surface area contributed by atoms with Gasteiger partial charge in [-0.1, -0.05) is 0 Å². The average molecular weight is 286 g/mol. The van der Waals surface area contributed by atoms with Crippen LogP contribution in [0, 0.1) is 0 Å². The Labute approximate surface area is 118 Å². The van der Waals surface area contributed by atoms with E-state index >= 15 is 0 Å². The van der Waals surface area contributed by atoms with Gasteiger partial charge in [0.15, 0.2) is 0 Å². The first-order valence-corrected chi connectivity index (χ1v) is 6.53. The predicted octanol–water partition coefficient (Wildman–Crippen LogP) is 0.776. The highest BCUT2D eigenvalue weighted by atomic mass is 16.5. The average Bonchev–Trinajstić information content (AvgIpc) is 2.79. The number of hydrogen-bond donors (Lipinski definition) is 0. The van der Waals surface area contributed by atoms with Gasteiger partial charge in [-0.2, -0.15) is 5.10 Å². The van der Waals surface area contributed by atoms with Crippen molar-refractivity contribution < 1.29 is 23.7 Å². The smallest absolute Gasteiger partial charge is 0.341 e. The molecule has 7 heteroatoms. The summed E-state index contributed by atoms with van der Waals surface area (Å²) in [4.78, 5) is 11.7. The van der Waals surface area contributed by atoms with Crippen LogP contribution in [0.25, 0.3) is 0 Å². The summed E-state index contributed by atoms with van der Waals surface area (Å²) in [5.74, 6) is -0.379. The number of aryl methyl sites for hydroxylation is 1. The second kappa shape index (κ2) is 9.46. The van der Waals surface area contributed by atoms with E-state index in [1.54, 1.807) is 25.8 Å². The maximum Gasteiger partial charge on any atom is 0.341 e. The summed E-state index contributed by atoms with van der Waals surface area (Å²) < 4.78 is 22.2. The maximum atomic E-state index is 11.7. The standard InChI is InChI=1S/C13H22N2O5/c1-4-20-13(16)11-9-14-15(2)12(11)10-19-8-7-18-6-5-17-3/h9H,4-8,10H2,1-3H3. The fourth-order valence-corrected chi connectivity index (χ4v) is 1.54. The zero-order valence-corrected chi connectivity index (χ0v) is 12.3. The number of esters is 1. The summed E-state index contributed by atoms with van der Waals surface area (Å²) >= 11 is 0. The van der Waals surface area contributed by atoms with Crippen molar-refractivity contribution in [1.29, 1.82) is 0 Å². The molecule has 0 saturated heterocycles. The highest BCUT2D eigenvalue weighted by Gasteiger charge is 2.16. The first-order chi connectivity index (χ1) is 9.70. The van der Waals surface area contributed by atoms with Crippen molar-refractivity contribution in [3.05, 3.63) is 17.5 Å². The maximum absolute atomic E-state index is 11.7. The van der Waals surface area contributed by atoms with E-state index in [0.717, 1.165) is 0 Å². The van der Waals surface area contributed by atoms with Crippen LogP contribution < -0.4 is 0 Å². The summed E-state index contributed by atoms with van der Waals surface area (Å²) in [6, 6.07) is 0. The van der Waals surface area contributed by atoms with Gasteiger partial charge in [-0.25, -0.2) is 4.79 Å². The third-order valence-corrected chi connectivity index (χ3v) is 2.60. The second-order valence-electron chi connectivity index (χ2n) is 4.01. The lowest BCUT2D eigenvalue weighted by Crippen LogP contribution is -2.12. The molecule has 1 aromatic heterocycles. The number of carbonyl (C=O) groups excluding carboxylic acids is 1. The zero-order chi connectivity index (χ0) is 14.8. The van der Waals surface area contributed by atoms with E-state index in [0.29, 0.717) is 44.3 Å². The molecule has 1 heterocycles. The lowest BCUT2D eigenvalue weighted by atomic mass is 10.2. The second-order valence-corrected chi connectivity index (χ2v) is 4.01. The Hall–Kier alpha value is -1.44. The number of aromatic nitrogens is 2. The molecule has 0 bridgehead atoms. The Balaban J connectivity index is 2.36. The largest absolute Gasteiger partial charge is 0.462 e. The molecule has 0 aliphatic rings. The van der Waals surface area contributed by atoms with Crippen LogP contribution in [0.5, 0.6) is 0 Å². The number of rotatable bonds is 10. The molecule has 1 aromatic rings. The van der Waals surface area contributed by atoms with E-state index in [1.807, 2.05) is 0 Å². The molecule has 0 aliphatic carbocycles. The summed E-state index contributed by atoms with van der Waals surface area (Å²) in [6.07, 6.45) is 1.49. The fraction of sp³-hybridized carbons (Fsp3) is 0.692. The number of methoxy groups -OCH3 is 1. The van der Waals surface area contributed by atoms with Gasteiger partial charge >= 0.3 is 5.97 Å². The van der Waals surface area contributed by atoms with Crippen LogP contribution >= 0.6 is 0 Å². The lowest BCUT2D eigenvalue weighted by molar-refractivity contribution is 0.0181. The number of ether oxygens (including phenoxy) is 4. The van der Waals surface area contributed by atoms with Gasteiger partial charge in [0.1, 0.15) is 5.56 Å². The topological polar surface area (TPSA) is 71.8 Å². The molecule has 0 atom stereocenters. The van der Waals surface area contributed by atoms with Crippen molar-refractivity contribution in [1.82, 2.24) is 9.78 Å². The summed E-state index contributed by atoms with van der Waals surface area (Å²) in [5.41, 5.74) is 1.13. The van der Waals surface area contributed by atoms with Gasteiger partial charge in [-0.3, -0.25) is 4.68 Å². The monoisotopic (exact) mass is 286 g/mol. The van der Waals surface area contributed by atoms with Gasteiger partial charge in [0.05, 0.1) is 51.5 Å². The van der Waals surface area contributed by atoms with Crippen LogP contribution in [0.1, 0.15) is 23.0 Å². The summed E-state index contributed by atoms with van der Waals surface area (Å²) in [6.45, 7) is 4.42. The molecule has 7 nitrogen and oxygen atoms in total. The Morgan fingerprint density at radius 1 is 1.25 bits per heavy atom. The van der Waals surface area contributed by atoms with Crippen molar-refractivity contribution in [2.24, 2.45) is 7.05 Å². The minimum Gasteiger partial charge on any atom is -0.462 e. The Morgan fingerprint density at radius 2 is 1.95 bits per heavy atom. The van der Waals surface area contributed by atoms with Crippen LogP contribution in [0.15, 0.2) is 6.20 Å². The fourth-order valence-electron chi connectivity index (χ4n) is 1.54. The van der Waals surface area contributed by atoms with Crippen LogP contribution in [0.3, 0.4) is 0 Å². The Morgan fingerprint density at radius 3 is 2.65 bits per heavy atom. The van der Waals surface area contributed by atoms with Crippen LogP contribution in [0.4, 0.5) is 0 Å². The van der Waals surface area contributed by atoms with Gasteiger partial charge in [0, 0.05) is 14.2 Å². The van der Waals surface area contributed by atoms with E-state index in [9.17, 15) is 4.79 Å². The van der Waals surface area contributed by atoms with Crippen molar-refractivity contribution in [3.63, 3.8) is 0 Å². The molecule has 114 valence electrons. The quantitative estimate of drug-likeness (QED) is 0.467. The van der Waals surface area contributed by atoms with E-state index in [4.69, 9.17) is 18.9 Å².